The lowest BCUT2D eigenvalue weighted by Gasteiger charge is -2.38. The van der Waals surface area contributed by atoms with Gasteiger partial charge < -0.3 is 24.6 Å². The van der Waals surface area contributed by atoms with Crippen LogP contribution in [0.5, 0.6) is 0 Å². The van der Waals surface area contributed by atoms with E-state index >= 15 is 0 Å². The maximum atomic E-state index is 13.5. The highest BCUT2D eigenvalue weighted by atomic mass is 19.4. The summed E-state index contributed by atoms with van der Waals surface area (Å²) < 4.78 is 49.5. The lowest BCUT2D eigenvalue weighted by Crippen LogP contribution is -2.56. The second kappa shape index (κ2) is 10.9. The summed E-state index contributed by atoms with van der Waals surface area (Å²) in [5, 5.41) is 19.9. The number of hydrogen-bond donors (Lipinski definition) is 2. The molecule has 9 nitrogen and oxygen atoms in total. The SMILES string of the molecule is C=C(C[C@](O)(C[C@@H](C(=O)OC)N(C(=O)C(F)(F)F)[C@H](C)c1ccccc1)C(=O)OC)C(=O)O. The smallest absolute Gasteiger partial charge is 0.471 e. The molecule has 0 unspecified atom stereocenters. The Balaban J connectivity index is 3.64. The molecule has 1 aromatic rings. The standard InChI is InChI=1S/C21H24F3NO8/c1-12(16(26)27)10-20(31,19(30)33-4)11-15(17(28)32-3)25(18(29)21(22,23)24)13(2)14-8-6-5-7-9-14/h5-9,13,15,31H,1,10-11H2,2-4H3,(H,26,27)/t13-,15+,20+/m1/s1. The molecule has 0 saturated heterocycles. The second-order valence-corrected chi connectivity index (χ2v) is 7.15. The summed E-state index contributed by atoms with van der Waals surface area (Å²) in [5.74, 6) is -6.85. The van der Waals surface area contributed by atoms with Crippen LogP contribution in [-0.4, -0.2) is 71.0 Å². The minimum absolute atomic E-state index is 0.138. The molecule has 0 saturated carbocycles. The number of methoxy groups -OCH3 is 2. The van der Waals surface area contributed by atoms with Gasteiger partial charge in [0.05, 0.1) is 20.3 Å². The molecule has 0 aliphatic heterocycles. The maximum Gasteiger partial charge on any atom is 0.471 e. The van der Waals surface area contributed by atoms with Gasteiger partial charge in [-0.15, -0.1) is 0 Å². The van der Waals surface area contributed by atoms with Crippen LogP contribution in [0.1, 0.15) is 31.4 Å². The van der Waals surface area contributed by atoms with Crippen molar-refractivity contribution in [1.82, 2.24) is 4.90 Å². The summed E-state index contributed by atoms with van der Waals surface area (Å²) in [6.45, 7) is 4.40. The van der Waals surface area contributed by atoms with Gasteiger partial charge in [-0.2, -0.15) is 13.2 Å². The lowest BCUT2D eigenvalue weighted by molar-refractivity contribution is -0.195. The highest BCUT2D eigenvalue weighted by molar-refractivity contribution is 5.91. The molecule has 182 valence electrons. The van der Waals surface area contributed by atoms with E-state index in [1.54, 1.807) is 6.07 Å². The maximum absolute atomic E-state index is 13.5. The number of carbonyl (C=O) groups excluding carboxylic acids is 3. The summed E-state index contributed by atoms with van der Waals surface area (Å²) in [4.78, 5) is 48.5. The van der Waals surface area contributed by atoms with Crippen molar-refractivity contribution in [3.8, 4) is 0 Å². The summed E-state index contributed by atoms with van der Waals surface area (Å²) in [5.41, 5.74) is -3.29. The predicted molar refractivity (Wildman–Crippen MR) is 107 cm³/mol. The van der Waals surface area contributed by atoms with Gasteiger partial charge in [0, 0.05) is 18.4 Å². The number of ether oxygens (including phenoxy) is 2. The fraction of sp³-hybridized carbons (Fsp3) is 0.429. The number of alkyl halides is 3. The number of nitrogens with zero attached hydrogens (tertiary/aromatic N) is 1. The lowest BCUT2D eigenvalue weighted by atomic mass is 9.86. The molecule has 0 fully saturated rings. The number of aliphatic carboxylic acids is 1. The molecule has 0 bridgehead atoms. The third-order valence-electron chi connectivity index (χ3n) is 4.89. The van der Waals surface area contributed by atoms with Gasteiger partial charge in [0.1, 0.15) is 6.04 Å². The predicted octanol–water partition coefficient (Wildman–Crippen LogP) is 2.01. The highest BCUT2D eigenvalue weighted by Gasteiger charge is 2.52. The van der Waals surface area contributed by atoms with E-state index in [4.69, 9.17) is 5.11 Å². The molecule has 0 spiro atoms. The molecule has 33 heavy (non-hydrogen) atoms. The molecule has 3 atom stereocenters. The van der Waals surface area contributed by atoms with Crippen molar-refractivity contribution in [3.05, 3.63) is 48.0 Å². The van der Waals surface area contributed by atoms with Gasteiger partial charge in [-0.3, -0.25) is 4.79 Å². The average Bonchev–Trinajstić information content (AvgIpc) is 2.76. The van der Waals surface area contributed by atoms with E-state index in [9.17, 15) is 37.5 Å². The molecule has 0 aromatic heterocycles. The van der Waals surface area contributed by atoms with Crippen molar-refractivity contribution >= 4 is 23.8 Å². The van der Waals surface area contributed by atoms with Crippen LogP contribution in [0.2, 0.25) is 0 Å². The van der Waals surface area contributed by atoms with E-state index in [-0.39, 0.29) is 10.5 Å². The van der Waals surface area contributed by atoms with Crippen LogP contribution in [0.15, 0.2) is 42.5 Å². The molecular formula is C21H24F3NO8. The van der Waals surface area contributed by atoms with Crippen LogP contribution >= 0.6 is 0 Å². The van der Waals surface area contributed by atoms with Crippen molar-refractivity contribution < 1.29 is 52.0 Å². The minimum atomic E-state index is -5.43. The van der Waals surface area contributed by atoms with Gasteiger partial charge in [0.2, 0.25) is 0 Å². The molecule has 2 N–H and O–H groups in total. The van der Waals surface area contributed by atoms with Crippen LogP contribution in [0.3, 0.4) is 0 Å². The summed E-state index contributed by atoms with van der Waals surface area (Å²) in [6, 6.07) is 3.88. The Morgan fingerprint density at radius 1 is 1.09 bits per heavy atom. The zero-order chi connectivity index (χ0) is 25.6. The monoisotopic (exact) mass is 475 g/mol. The molecule has 0 aliphatic rings. The number of carboxylic acid groups (broad SMARTS) is 1. The van der Waals surface area contributed by atoms with Crippen molar-refractivity contribution in [2.24, 2.45) is 0 Å². The molecular weight excluding hydrogens is 451 g/mol. The summed E-state index contributed by atoms with van der Waals surface area (Å²) in [6.07, 6.45) is -7.57. The van der Waals surface area contributed by atoms with Gasteiger partial charge >= 0.3 is 30.0 Å². The number of carbonyl (C=O) groups is 4. The van der Waals surface area contributed by atoms with Crippen molar-refractivity contribution in [1.29, 1.82) is 0 Å². The van der Waals surface area contributed by atoms with Gasteiger partial charge in [-0.1, -0.05) is 36.9 Å². The fourth-order valence-electron chi connectivity index (χ4n) is 3.22. The number of carboxylic acids is 1. The van der Waals surface area contributed by atoms with Crippen molar-refractivity contribution in [2.45, 2.75) is 43.6 Å². The van der Waals surface area contributed by atoms with Crippen LogP contribution in [0.25, 0.3) is 0 Å². The van der Waals surface area contributed by atoms with E-state index in [1.165, 1.54) is 31.2 Å². The fourth-order valence-corrected chi connectivity index (χ4v) is 3.22. The van der Waals surface area contributed by atoms with Crippen LogP contribution < -0.4 is 0 Å². The van der Waals surface area contributed by atoms with Gasteiger partial charge in [-0.25, -0.2) is 14.4 Å². The molecule has 0 heterocycles. The van der Waals surface area contributed by atoms with Gasteiger partial charge in [0.25, 0.3) is 0 Å². The second-order valence-electron chi connectivity index (χ2n) is 7.15. The number of hydrogen-bond acceptors (Lipinski definition) is 7. The summed E-state index contributed by atoms with van der Waals surface area (Å²) >= 11 is 0. The molecule has 1 amide bonds. The number of halogens is 3. The summed E-state index contributed by atoms with van der Waals surface area (Å²) in [7, 11) is 1.68. The first-order valence-corrected chi connectivity index (χ1v) is 9.43. The van der Waals surface area contributed by atoms with E-state index in [0.717, 1.165) is 14.2 Å². The van der Waals surface area contributed by atoms with E-state index in [2.05, 4.69) is 16.1 Å². The Bertz CT molecular complexity index is 903. The normalized spacial score (nSPS) is 14.9. The van der Waals surface area contributed by atoms with E-state index < -0.39 is 66.1 Å². The molecule has 12 heteroatoms. The van der Waals surface area contributed by atoms with Crippen LogP contribution in [-0.2, 0) is 28.7 Å². The quantitative estimate of drug-likeness (QED) is 0.388. The Morgan fingerprint density at radius 2 is 1.64 bits per heavy atom. The first-order chi connectivity index (χ1) is 15.2. The van der Waals surface area contributed by atoms with Crippen molar-refractivity contribution in [2.75, 3.05) is 14.2 Å². The molecule has 0 aliphatic carbocycles. The molecule has 1 rings (SSSR count). The number of amides is 1. The van der Waals surface area contributed by atoms with Crippen molar-refractivity contribution in [3.63, 3.8) is 0 Å². The van der Waals surface area contributed by atoms with Gasteiger partial charge in [0.15, 0.2) is 5.60 Å². The average molecular weight is 475 g/mol. The molecule has 0 radical (unpaired) electrons. The number of benzene rings is 1. The largest absolute Gasteiger partial charge is 0.478 e. The Hall–Kier alpha value is -3.41. The van der Waals surface area contributed by atoms with Gasteiger partial charge in [-0.05, 0) is 12.5 Å². The Labute approximate surface area is 187 Å². The Kier molecular flexibility index (Phi) is 9.16. The molecule has 1 aromatic carbocycles. The van der Waals surface area contributed by atoms with E-state index in [1.807, 2.05) is 0 Å². The van der Waals surface area contributed by atoms with Crippen LogP contribution in [0, 0.1) is 0 Å². The number of aliphatic hydroxyl groups is 1. The Morgan fingerprint density at radius 3 is 2.06 bits per heavy atom. The number of rotatable bonds is 10. The topological polar surface area (TPSA) is 130 Å². The third kappa shape index (κ3) is 6.78. The highest BCUT2D eigenvalue weighted by Crippen LogP contribution is 2.34. The van der Waals surface area contributed by atoms with Crippen LogP contribution in [0.4, 0.5) is 13.2 Å². The zero-order valence-electron chi connectivity index (χ0n) is 18.1. The van der Waals surface area contributed by atoms with E-state index in [0.29, 0.717) is 0 Å². The minimum Gasteiger partial charge on any atom is -0.478 e. The first kappa shape index (κ1) is 27.6. The third-order valence-corrected chi connectivity index (χ3v) is 4.89. The zero-order valence-corrected chi connectivity index (χ0v) is 18.1. The number of esters is 2. The first-order valence-electron chi connectivity index (χ1n) is 9.43.